The Kier molecular flexibility index (Phi) is 11.8. The second-order valence-corrected chi connectivity index (χ2v) is 1.48. The Morgan fingerprint density at radius 2 is 1.64 bits per heavy atom. The minimum atomic E-state index is -1.27. The van der Waals surface area contributed by atoms with Gasteiger partial charge in [0.25, 0.3) is 0 Å². The summed E-state index contributed by atoms with van der Waals surface area (Å²) in [6.07, 6.45) is -0.505. The molecule has 0 rings (SSSR count). The number of rotatable bonds is 3. The van der Waals surface area contributed by atoms with Gasteiger partial charge in [-0.15, -0.1) is 0 Å². The van der Waals surface area contributed by atoms with Crippen molar-refractivity contribution in [3.8, 4) is 0 Å². The average molecular weight is 261 g/mol. The van der Waals surface area contributed by atoms with Gasteiger partial charge in [-0.1, -0.05) is 6.58 Å². The van der Waals surface area contributed by atoms with Gasteiger partial charge in [-0.25, -0.2) is 4.79 Å². The summed E-state index contributed by atoms with van der Waals surface area (Å²) in [6.45, 7) is 3.01. The zero-order chi connectivity index (χ0) is 7.44. The molecule has 0 saturated heterocycles. The van der Waals surface area contributed by atoms with E-state index in [-0.39, 0.29) is 38.3 Å². The van der Waals surface area contributed by atoms with Gasteiger partial charge < -0.3 is 15.7 Å². The average Bonchev–Trinajstić information content (AvgIpc) is 1.63. The molecule has 0 saturated carbocycles. The molecule has 0 aliphatic carbocycles. The van der Waals surface area contributed by atoms with Crippen molar-refractivity contribution in [2.75, 3.05) is 0 Å². The fourth-order valence-corrected chi connectivity index (χ4v) is 0.258. The van der Waals surface area contributed by atoms with E-state index < -0.39 is 18.4 Å². The van der Waals surface area contributed by atoms with Gasteiger partial charge in [0.2, 0.25) is 0 Å². The van der Waals surface area contributed by atoms with Crippen LogP contribution in [-0.4, -0.2) is 27.6 Å². The molecular formula is C5H8CdO5. The summed E-state index contributed by atoms with van der Waals surface area (Å²) in [5, 5.41) is 16.1. The second kappa shape index (κ2) is 7.67. The molecule has 5 nitrogen and oxygen atoms in total. The van der Waals surface area contributed by atoms with Crippen LogP contribution in [0.1, 0.15) is 6.42 Å². The maximum atomic E-state index is 9.87. The molecule has 0 atom stereocenters. The van der Waals surface area contributed by atoms with Crippen molar-refractivity contribution in [3.63, 3.8) is 0 Å². The molecule has 0 aliphatic rings. The third kappa shape index (κ3) is 9.56. The Bertz CT molecular complexity index is 164. The first-order chi connectivity index (χ1) is 4.04. The van der Waals surface area contributed by atoms with Crippen molar-refractivity contribution in [2.24, 2.45) is 0 Å². The number of carboxylic acids is 2. The molecule has 0 amide bonds. The van der Waals surface area contributed by atoms with Crippen LogP contribution in [0.5, 0.6) is 0 Å². The van der Waals surface area contributed by atoms with Crippen LogP contribution in [0.4, 0.5) is 0 Å². The summed E-state index contributed by atoms with van der Waals surface area (Å²) in [4.78, 5) is 19.7. The first kappa shape index (κ1) is 16.9. The summed E-state index contributed by atoms with van der Waals surface area (Å²) in [5.41, 5.74) is -0.303. The van der Waals surface area contributed by atoms with E-state index in [1.165, 1.54) is 0 Å². The van der Waals surface area contributed by atoms with Crippen molar-refractivity contribution >= 4 is 11.9 Å². The van der Waals surface area contributed by atoms with Gasteiger partial charge in [-0.05, 0) is 0 Å². The third-order valence-electron chi connectivity index (χ3n) is 0.667. The van der Waals surface area contributed by atoms with E-state index in [2.05, 4.69) is 6.58 Å². The van der Waals surface area contributed by atoms with E-state index >= 15 is 0 Å². The number of carbonyl (C=O) groups is 2. The van der Waals surface area contributed by atoms with Gasteiger partial charge in [0.1, 0.15) is 0 Å². The number of hydrogen-bond acceptors (Lipinski definition) is 2. The molecule has 60 valence electrons. The summed E-state index contributed by atoms with van der Waals surface area (Å²) in [5.74, 6) is -2.44. The molecule has 0 spiro atoms. The molecule has 0 heterocycles. The van der Waals surface area contributed by atoms with Crippen molar-refractivity contribution < 1.29 is 52.6 Å². The minimum Gasteiger partial charge on any atom is -0.481 e. The van der Waals surface area contributed by atoms with E-state index in [1.54, 1.807) is 0 Å². The van der Waals surface area contributed by atoms with E-state index in [0.29, 0.717) is 0 Å². The van der Waals surface area contributed by atoms with Gasteiger partial charge in [-0.3, -0.25) is 4.79 Å². The number of hydrogen-bond donors (Lipinski definition) is 2. The largest absolute Gasteiger partial charge is 0.481 e. The Morgan fingerprint density at radius 3 is 1.73 bits per heavy atom. The van der Waals surface area contributed by atoms with Crippen LogP contribution in [-0.2, 0) is 36.9 Å². The summed E-state index contributed by atoms with van der Waals surface area (Å²) in [7, 11) is 0. The minimum absolute atomic E-state index is 0. The van der Waals surface area contributed by atoms with Crippen LogP contribution in [0.3, 0.4) is 0 Å². The molecule has 4 N–H and O–H groups in total. The fraction of sp³-hybridized carbons (Fsp3) is 0.200. The zero-order valence-electron chi connectivity index (χ0n) is 5.83. The predicted octanol–water partition coefficient (Wildman–Crippen LogP) is -0.725. The van der Waals surface area contributed by atoms with E-state index in [0.717, 1.165) is 0 Å². The smallest absolute Gasteiger partial charge is 0.331 e. The van der Waals surface area contributed by atoms with Gasteiger partial charge in [0.15, 0.2) is 0 Å². The van der Waals surface area contributed by atoms with Crippen LogP contribution >= 0.6 is 0 Å². The van der Waals surface area contributed by atoms with E-state index in [9.17, 15) is 9.59 Å². The molecule has 0 bridgehead atoms. The number of aliphatic carboxylic acids is 2. The molecule has 0 radical (unpaired) electrons. The molecule has 0 fully saturated rings. The summed E-state index contributed by atoms with van der Waals surface area (Å²) >= 11 is 0. The van der Waals surface area contributed by atoms with E-state index in [4.69, 9.17) is 10.2 Å². The van der Waals surface area contributed by atoms with Crippen molar-refractivity contribution in [3.05, 3.63) is 12.2 Å². The molecular weight excluding hydrogens is 252 g/mol. The second-order valence-electron chi connectivity index (χ2n) is 1.48. The summed E-state index contributed by atoms with van der Waals surface area (Å²) < 4.78 is 0. The standard InChI is InChI=1S/C5H6O4.Cd.H2O/c1-3(5(8)9)2-4(6)7;;/h1-2H2,(H,6,7)(H,8,9);;1H2. The number of carboxylic acid groups (broad SMARTS) is 2. The van der Waals surface area contributed by atoms with Crippen molar-refractivity contribution in [1.82, 2.24) is 0 Å². The molecule has 0 aromatic carbocycles. The first-order valence-corrected chi connectivity index (χ1v) is 2.17. The maximum Gasteiger partial charge on any atom is 0.331 e. The van der Waals surface area contributed by atoms with Gasteiger partial charge in [0, 0.05) is 32.9 Å². The Balaban J connectivity index is -0.000000320. The van der Waals surface area contributed by atoms with E-state index in [1.807, 2.05) is 0 Å². The monoisotopic (exact) mass is 262 g/mol. The molecule has 11 heavy (non-hydrogen) atoms. The van der Waals surface area contributed by atoms with Crippen LogP contribution in [0.2, 0.25) is 0 Å². The fourth-order valence-electron chi connectivity index (χ4n) is 0.258. The molecule has 0 aromatic heterocycles. The van der Waals surface area contributed by atoms with Crippen molar-refractivity contribution in [2.45, 2.75) is 6.42 Å². The van der Waals surface area contributed by atoms with Gasteiger partial charge in [0.05, 0.1) is 6.42 Å². The predicted molar refractivity (Wildman–Crippen MR) is 32.6 cm³/mol. The molecule has 0 unspecified atom stereocenters. The van der Waals surface area contributed by atoms with Gasteiger partial charge in [-0.2, -0.15) is 0 Å². The van der Waals surface area contributed by atoms with Gasteiger partial charge >= 0.3 is 11.9 Å². The molecule has 0 aliphatic heterocycles. The third-order valence-corrected chi connectivity index (χ3v) is 0.667. The quantitative estimate of drug-likeness (QED) is 0.515. The SMILES string of the molecule is C=C(CC(=O)O)C(=O)O.O.[Cd]. The molecule has 6 heteroatoms. The zero-order valence-corrected chi connectivity index (χ0v) is 9.87. The normalized spacial score (nSPS) is 6.91. The first-order valence-electron chi connectivity index (χ1n) is 2.17. The Labute approximate surface area is 83.2 Å². The van der Waals surface area contributed by atoms with Crippen LogP contribution in [0.15, 0.2) is 12.2 Å². The van der Waals surface area contributed by atoms with Crippen LogP contribution in [0, 0.1) is 0 Å². The summed E-state index contributed by atoms with van der Waals surface area (Å²) in [6, 6.07) is 0. The Hall–Kier alpha value is -0.438. The Morgan fingerprint density at radius 1 is 1.27 bits per heavy atom. The van der Waals surface area contributed by atoms with Crippen LogP contribution < -0.4 is 0 Å². The topological polar surface area (TPSA) is 106 Å². The van der Waals surface area contributed by atoms with Crippen molar-refractivity contribution in [1.29, 1.82) is 0 Å². The van der Waals surface area contributed by atoms with Crippen LogP contribution in [0.25, 0.3) is 0 Å². The maximum absolute atomic E-state index is 9.87. The molecule has 0 aromatic rings.